The molecule has 11 nitrogen and oxygen atoms in total. The number of amides is 1. The van der Waals surface area contributed by atoms with Crippen molar-refractivity contribution < 1.29 is 23.7 Å². The van der Waals surface area contributed by atoms with Crippen molar-refractivity contribution in [2.75, 3.05) is 6.54 Å². The van der Waals surface area contributed by atoms with Crippen molar-refractivity contribution in [3.05, 3.63) is 72.5 Å². The quantitative estimate of drug-likeness (QED) is 0.0594. The van der Waals surface area contributed by atoms with Gasteiger partial charge in [0.2, 0.25) is 5.91 Å². The molecule has 3 rings (SSSR count). The maximum atomic E-state index is 13.1. The van der Waals surface area contributed by atoms with E-state index in [0.29, 0.717) is 16.9 Å². The van der Waals surface area contributed by atoms with Crippen LogP contribution in [-0.2, 0) is 25.4 Å². The smallest absolute Gasteiger partial charge is 0.356 e. The van der Waals surface area contributed by atoms with E-state index in [1.807, 2.05) is 6.92 Å². The van der Waals surface area contributed by atoms with Crippen LogP contribution in [0.1, 0.15) is 18.9 Å². The molecule has 2 aliphatic heterocycles. The number of thioether (sulfide) groups is 1. The van der Waals surface area contributed by atoms with Crippen LogP contribution in [0.2, 0.25) is 19.6 Å². The summed E-state index contributed by atoms with van der Waals surface area (Å²) in [5.74, 6) is -1.15. The van der Waals surface area contributed by atoms with Crippen molar-refractivity contribution in [3.63, 3.8) is 0 Å². The Kier molecular flexibility index (Phi) is 8.38. The Morgan fingerprint density at radius 1 is 1.40 bits per heavy atom. The number of rotatable bonds is 11. The summed E-state index contributed by atoms with van der Waals surface area (Å²) in [5.41, 5.74) is 9.16. The molecule has 0 aliphatic carbocycles. The van der Waals surface area contributed by atoms with Crippen LogP contribution in [0.25, 0.3) is 10.4 Å². The second kappa shape index (κ2) is 11.1. The third-order valence-corrected chi connectivity index (χ3v) is 7.53. The van der Waals surface area contributed by atoms with Crippen molar-refractivity contribution >= 4 is 37.6 Å². The minimum Gasteiger partial charge on any atom is -0.456 e. The van der Waals surface area contributed by atoms with Gasteiger partial charge in [0.15, 0.2) is 8.32 Å². The van der Waals surface area contributed by atoms with Crippen molar-refractivity contribution in [1.29, 1.82) is 0 Å². The van der Waals surface area contributed by atoms with E-state index in [2.05, 4.69) is 29.7 Å². The van der Waals surface area contributed by atoms with Crippen LogP contribution in [0.15, 0.2) is 51.5 Å². The van der Waals surface area contributed by atoms with E-state index in [1.54, 1.807) is 11.5 Å². The zero-order chi connectivity index (χ0) is 25.8. The van der Waals surface area contributed by atoms with Gasteiger partial charge in [0.25, 0.3) is 5.69 Å². The highest BCUT2D eigenvalue weighted by atomic mass is 32.2. The van der Waals surface area contributed by atoms with Crippen LogP contribution in [0.3, 0.4) is 0 Å². The first-order valence-corrected chi connectivity index (χ1v) is 15.3. The largest absolute Gasteiger partial charge is 0.456 e. The topological polar surface area (TPSA) is 148 Å². The maximum absolute atomic E-state index is 13.1. The van der Waals surface area contributed by atoms with Gasteiger partial charge >= 0.3 is 5.97 Å². The molecule has 2 heterocycles. The number of hydrogen-bond acceptors (Lipinski definition) is 8. The molecule has 0 spiro atoms. The summed E-state index contributed by atoms with van der Waals surface area (Å²) >= 11 is 1.29. The Morgan fingerprint density at radius 3 is 2.69 bits per heavy atom. The van der Waals surface area contributed by atoms with Gasteiger partial charge in [-0.1, -0.05) is 11.2 Å². The van der Waals surface area contributed by atoms with E-state index in [-0.39, 0.29) is 48.5 Å². The Labute approximate surface area is 208 Å². The monoisotopic (exact) mass is 517 g/mol. The lowest BCUT2D eigenvalue weighted by atomic mass is 9.83. The van der Waals surface area contributed by atoms with Crippen LogP contribution in [0, 0.1) is 16.0 Å². The molecular formula is C22H27N5O6SSi. The van der Waals surface area contributed by atoms with Gasteiger partial charge in [-0.2, -0.15) is 0 Å². The highest BCUT2D eigenvalue weighted by Crippen LogP contribution is 2.48. The predicted molar refractivity (Wildman–Crippen MR) is 133 cm³/mol. The van der Waals surface area contributed by atoms with Crippen LogP contribution in [-0.4, -0.2) is 48.7 Å². The molecule has 0 bridgehead atoms. The number of fused-ring (bicyclic) bond motifs is 1. The van der Waals surface area contributed by atoms with Gasteiger partial charge in [-0.15, -0.1) is 11.8 Å². The van der Waals surface area contributed by atoms with Crippen molar-refractivity contribution in [1.82, 2.24) is 4.90 Å². The Morgan fingerprint density at radius 2 is 2.09 bits per heavy atom. The molecule has 0 saturated carbocycles. The van der Waals surface area contributed by atoms with Gasteiger partial charge < -0.3 is 14.1 Å². The number of esters is 1. The number of carbonyl (C=O) groups is 2. The lowest BCUT2D eigenvalue weighted by Gasteiger charge is -2.47. The van der Waals surface area contributed by atoms with E-state index in [0.717, 1.165) is 0 Å². The minimum absolute atomic E-state index is 0.0560. The molecule has 0 radical (unpaired) electrons. The second-order valence-electron chi connectivity index (χ2n) is 9.12. The summed E-state index contributed by atoms with van der Waals surface area (Å²) in [5, 5.41) is 16.0. The van der Waals surface area contributed by atoms with Crippen molar-refractivity contribution in [2.24, 2.45) is 11.0 Å². The predicted octanol–water partition coefficient (Wildman–Crippen LogP) is 4.88. The fourth-order valence-electron chi connectivity index (χ4n) is 4.13. The molecule has 3 atom stereocenters. The minimum atomic E-state index is -1.86. The van der Waals surface area contributed by atoms with Crippen LogP contribution >= 0.6 is 11.8 Å². The zero-order valence-corrected chi connectivity index (χ0v) is 21.7. The lowest BCUT2D eigenvalue weighted by Crippen LogP contribution is -2.63. The number of β-lactam (4-membered cyclic amide) rings is 1. The average molecular weight is 518 g/mol. The summed E-state index contributed by atoms with van der Waals surface area (Å²) in [6.45, 7) is 8.18. The van der Waals surface area contributed by atoms with Gasteiger partial charge in [0.1, 0.15) is 12.3 Å². The van der Waals surface area contributed by atoms with Gasteiger partial charge in [0, 0.05) is 34.9 Å². The highest BCUT2D eigenvalue weighted by Gasteiger charge is 2.57. The molecule has 13 heteroatoms. The van der Waals surface area contributed by atoms with Crippen LogP contribution in [0.5, 0.6) is 0 Å². The summed E-state index contributed by atoms with van der Waals surface area (Å²) in [6.07, 6.45) is 1.90. The number of azide groups is 1. The van der Waals surface area contributed by atoms with Gasteiger partial charge in [-0.25, -0.2) is 4.79 Å². The summed E-state index contributed by atoms with van der Waals surface area (Å²) < 4.78 is 11.6. The first kappa shape index (κ1) is 26.5. The normalized spacial score (nSPS) is 20.3. The van der Waals surface area contributed by atoms with Crippen molar-refractivity contribution in [2.45, 2.75) is 51.7 Å². The molecule has 1 aromatic carbocycles. The molecule has 2 aliphatic rings. The molecule has 1 saturated heterocycles. The third-order valence-electron chi connectivity index (χ3n) is 5.48. The van der Waals surface area contributed by atoms with Crippen molar-refractivity contribution in [3.8, 4) is 0 Å². The summed E-state index contributed by atoms with van der Waals surface area (Å²) in [6, 6.07) is 5.53. The van der Waals surface area contributed by atoms with E-state index >= 15 is 0 Å². The Balaban J connectivity index is 1.76. The molecule has 1 fully saturated rings. The molecule has 0 aromatic heterocycles. The number of hydrogen-bond donors (Lipinski definition) is 0. The Bertz CT molecular complexity index is 1110. The van der Waals surface area contributed by atoms with Crippen LogP contribution in [0.4, 0.5) is 5.69 Å². The number of carbonyl (C=O) groups excluding carboxylic acids is 2. The molecule has 35 heavy (non-hydrogen) atoms. The van der Waals surface area contributed by atoms with E-state index in [9.17, 15) is 19.7 Å². The molecule has 0 unspecified atom stereocenters. The number of nitro benzene ring substituents is 1. The maximum Gasteiger partial charge on any atom is 0.356 e. The fraction of sp³-hybridized carbons (Fsp3) is 0.455. The van der Waals surface area contributed by atoms with E-state index in [1.165, 1.54) is 40.9 Å². The number of nitrogens with zero attached hydrogens (tertiary/aromatic N) is 5. The average Bonchev–Trinajstić information content (AvgIpc) is 3.10. The SMILES string of the molecule is C[C@H](O[Si](C)(C)C)[C@@H]1C(=O)N2C(C(=O)OCc3ccc([N+](=O)[O-])cc3)=C(S/C=C/CN=[N+]=[N-])C[C@H]12. The number of non-ortho nitro benzene ring substituents is 1. The van der Waals surface area contributed by atoms with E-state index in [4.69, 9.17) is 14.7 Å². The van der Waals surface area contributed by atoms with Crippen LogP contribution < -0.4 is 0 Å². The standard InChI is InChI=1S/C22H27N5O6SSi/c1-14(33-35(2,3)4)19-17-12-18(34-11-5-10-24-25-23)20(26(17)21(19)28)22(29)32-13-15-6-8-16(9-7-15)27(30)31/h5-9,11,14,17,19H,10,12-13H2,1-4H3/b11-5+/t14-,17+,19-/m0/s1. The van der Waals surface area contributed by atoms with Gasteiger partial charge in [0.05, 0.1) is 23.0 Å². The second-order valence-corrected chi connectivity index (χ2v) is 14.6. The van der Waals surface area contributed by atoms with E-state index < -0.39 is 19.2 Å². The van der Waals surface area contributed by atoms with Gasteiger partial charge in [-0.05, 0) is 55.2 Å². The molecule has 1 aromatic rings. The first-order valence-electron chi connectivity index (χ1n) is 11.0. The number of ether oxygens (including phenoxy) is 1. The first-order chi connectivity index (χ1) is 16.5. The molecular weight excluding hydrogens is 490 g/mol. The van der Waals surface area contributed by atoms with Gasteiger partial charge in [-0.3, -0.25) is 14.9 Å². The fourth-order valence-corrected chi connectivity index (χ4v) is 6.30. The molecule has 186 valence electrons. The highest BCUT2D eigenvalue weighted by molar-refractivity contribution is 8.05. The lowest BCUT2D eigenvalue weighted by molar-refractivity contribution is -0.384. The summed E-state index contributed by atoms with van der Waals surface area (Å²) in [4.78, 5) is 41.4. The third kappa shape index (κ3) is 6.31. The number of benzene rings is 1. The summed E-state index contributed by atoms with van der Waals surface area (Å²) in [7, 11) is -1.86. The number of nitro groups is 1. The Hall–Kier alpha value is -3.12. The molecule has 1 amide bonds. The molecule has 0 N–H and O–H groups in total. The zero-order valence-electron chi connectivity index (χ0n) is 19.9.